The third-order valence-electron chi connectivity index (χ3n) is 4.36. The molecule has 0 aliphatic carbocycles. The number of ether oxygens (including phenoxy) is 1. The van der Waals surface area contributed by atoms with Crippen molar-refractivity contribution in [1.29, 1.82) is 0 Å². The topological polar surface area (TPSA) is 51.2 Å². The van der Waals surface area contributed by atoms with E-state index in [9.17, 15) is 4.79 Å². The van der Waals surface area contributed by atoms with Gasteiger partial charge in [-0.1, -0.05) is 54.2 Å². The summed E-state index contributed by atoms with van der Waals surface area (Å²) in [5.41, 5.74) is 1.97. The standard InChI is InChI=1S/C20H20N2O2S2/c23-19(21-13-15-9-6-12-24-15)18(14-7-2-1-3-8-14)26-20-22-16-10-4-5-11-17(16)25-20/h1-5,7-8,10-11,15,18H,6,9,12-13H2,(H,21,23)/t15-,18-/m1/s1. The largest absolute Gasteiger partial charge is 0.376 e. The van der Waals surface area contributed by atoms with Crippen LogP contribution in [0.4, 0.5) is 0 Å². The molecule has 6 heteroatoms. The Kier molecular flexibility index (Phi) is 5.53. The molecule has 4 nitrogen and oxygen atoms in total. The molecule has 2 aromatic carbocycles. The summed E-state index contributed by atoms with van der Waals surface area (Å²) in [6.45, 7) is 1.37. The van der Waals surface area contributed by atoms with E-state index in [1.54, 1.807) is 11.3 Å². The first-order valence-corrected chi connectivity index (χ1v) is 10.5. The molecule has 2 heterocycles. The van der Waals surface area contributed by atoms with Gasteiger partial charge in [0.25, 0.3) is 0 Å². The molecule has 1 amide bonds. The maximum Gasteiger partial charge on any atom is 0.238 e. The molecular weight excluding hydrogens is 364 g/mol. The van der Waals surface area contributed by atoms with Crippen LogP contribution in [-0.2, 0) is 9.53 Å². The molecule has 26 heavy (non-hydrogen) atoms. The van der Waals surface area contributed by atoms with Crippen LogP contribution in [0.15, 0.2) is 58.9 Å². The van der Waals surface area contributed by atoms with Gasteiger partial charge in [-0.2, -0.15) is 0 Å². The monoisotopic (exact) mass is 384 g/mol. The summed E-state index contributed by atoms with van der Waals surface area (Å²) in [6.07, 6.45) is 2.23. The summed E-state index contributed by atoms with van der Waals surface area (Å²) in [5, 5.41) is 2.75. The number of nitrogens with zero attached hydrogens (tertiary/aromatic N) is 1. The van der Waals surface area contributed by atoms with Gasteiger partial charge in [-0.3, -0.25) is 4.79 Å². The molecule has 0 unspecified atom stereocenters. The van der Waals surface area contributed by atoms with Crippen LogP contribution < -0.4 is 5.32 Å². The lowest BCUT2D eigenvalue weighted by Crippen LogP contribution is -2.34. The molecule has 2 atom stereocenters. The second-order valence-corrected chi connectivity index (χ2v) is 8.62. The second-order valence-electron chi connectivity index (χ2n) is 6.24. The molecule has 1 aliphatic heterocycles. The molecule has 134 valence electrons. The number of fused-ring (bicyclic) bond motifs is 1. The van der Waals surface area contributed by atoms with E-state index in [2.05, 4.69) is 16.4 Å². The van der Waals surface area contributed by atoms with Crippen LogP contribution in [0.2, 0.25) is 0 Å². The average molecular weight is 385 g/mol. The van der Waals surface area contributed by atoms with E-state index in [0.717, 1.165) is 39.6 Å². The van der Waals surface area contributed by atoms with Crippen molar-refractivity contribution >= 4 is 39.2 Å². The van der Waals surface area contributed by atoms with Crippen molar-refractivity contribution in [3.05, 3.63) is 60.2 Å². The van der Waals surface area contributed by atoms with Crippen LogP contribution in [0.25, 0.3) is 10.2 Å². The minimum atomic E-state index is -0.321. The van der Waals surface area contributed by atoms with Crippen LogP contribution >= 0.6 is 23.1 Å². The number of rotatable bonds is 6. The minimum absolute atomic E-state index is 0.0101. The van der Waals surface area contributed by atoms with E-state index in [0.29, 0.717) is 6.54 Å². The molecule has 0 bridgehead atoms. The molecule has 3 aromatic rings. The van der Waals surface area contributed by atoms with E-state index in [4.69, 9.17) is 4.74 Å². The van der Waals surface area contributed by atoms with Crippen LogP contribution in [0.3, 0.4) is 0 Å². The summed E-state index contributed by atoms with van der Waals surface area (Å²) in [5.74, 6) is 0.0101. The molecule has 1 N–H and O–H groups in total. The summed E-state index contributed by atoms with van der Waals surface area (Å²) >= 11 is 3.14. The first kappa shape index (κ1) is 17.5. The molecule has 1 fully saturated rings. The number of nitrogens with one attached hydrogen (secondary N) is 1. The van der Waals surface area contributed by atoms with E-state index in [-0.39, 0.29) is 17.3 Å². The highest BCUT2D eigenvalue weighted by molar-refractivity contribution is 8.02. The number of hydrogen-bond donors (Lipinski definition) is 1. The van der Waals surface area contributed by atoms with Crippen LogP contribution in [0, 0.1) is 0 Å². The Morgan fingerprint density at radius 2 is 2.04 bits per heavy atom. The van der Waals surface area contributed by atoms with E-state index in [1.807, 2.05) is 48.5 Å². The number of thioether (sulfide) groups is 1. The van der Waals surface area contributed by atoms with Crippen molar-refractivity contribution in [3.8, 4) is 0 Å². The maximum atomic E-state index is 12.9. The quantitative estimate of drug-likeness (QED) is 0.639. The average Bonchev–Trinajstić information content (AvgIpc) is 3.34. The zero-order valence-corrected chi connectivity index (χ0v) is 15.9. The van der Waals surface area contributed by atoms with E-state index < -0.39 is 0 Å². The lowest BCUT2D eigenvalue weighted by Gasteiger charge is -2.17. The number of carbonyl (C=O) groups is 1. The highest BCUT2D eigenvalue weighted by Crippen LogP contribution is 2.39. The molecule has 1 aliphatic rings. The van der Waals surface area contributed by atoms with Crippen molar-refractivity contribution < 1.29 is 9.53 Å². The Balaban J connectivity index is 1.53. The molecule has 1 aromatic heterocycles. The van der Waals surface area contributed by atoms with Gasteiger partial charge >= 0.3 is 0 Å². The zero-order valence-electron chi connectivity index (χ0n) is 14.3. The third-order valence-corrected chi connectivity index (χ3v) is 6.75. The second kappa shape index (κ2) is 8.20. The fourth-order valence-electron chi connectivity index (χ4n) is 3.02. The van der Waals surface area contributed by atoms with Crippen molar-refractivity contribution in [2.45, 2.75) is 28.5 Å². The third kappa shape index (κ3) is 4.09. The van der Waals surface area contributed by atoms with Gasteiger partial charge in [-0.05, 0) is 30.5 Å². The van der Waals surface area contributed by atoms with Crippen molar-refractivity contribution in [2.24, 2.45) is 0 Å². The number of carbonyl (C=O) groups excluding carboxylic acids is 1. The van der Waals surface area contributed by atoms with E-state index >= 15 is 0 Å². The van der Waals surface area contributed by atoms with Gasteiger partial charge in [0.05, 0.1) is 16.3 Å². The van der Waals surface area contributed by atoms with Crippen molar-refractivity contribution in [1.82, 2.24) is 10.3 Å². The normalized spacial score (nSPS) is 18.1. The maximum absolute atomic E-state index is 12.9. The molecule has 4 rings (SSSR count). The van der Waals surface area contributed by atoms with Gasteiger partial charge in [0.2, 0.25) is 5.91 Å². The van der Waals surface area contributed by atoms with Gasteiger partial charge in [-0.15, -0.1) is 11.3 Å². The smallest absolute Gasteiger partial charge is 0.238 e. The van der Waals surface area contributed by atoms with Crippen molar-refractivity contribution in [2.75, 3.05) is 13.2 Å². The summed E-state index contributed by atoms with van der Waals surface area (Å²) in [7, 11) is 0. The lowest BCUT2D eigenvalue weighted by molar-refractivity contribution is -0.121. The van der Waals surface area contributed by atoms with Crippen LogP contribution in [0.1, 0.15) is 23.7 Å². The molecule has 0 spiro atoms. The lowest BCUT2D eigenvalue weighted by atomic mass is 10.1. The molecule has 0 saturated carbocycles. The van der Waals surface area contributed by atoms with Crippen LogP contribution in [0.5, 0.6) is 0 Å². The number of thiazole rings is 1. The Hall–Kier alpha value is -1.89. The number of para-hydroxylation sites is 1. The van der Waals surface area contributed by atoms with Gasteiger partial charge in [0.15, 0.2) is 4.34 Å². The number of aromatic nitrogens is 1. The zero-order chi connectivity index (χ0) is 17.8. The van der Waals surface area contributed by atoms with Gasteiger partial charge < -0.3 is 10.1 Å². The Morgan fingerprint density at radius 1 is 1.23 bits per heavy atom. The van der Waals surface area contributed by atoms with Gasteiger partial charge in [0.1, 0.15) is 5.25 Å². The summed E-state index contributed by atoms with van der Waals surface area (Å²) < 4.78 is 7.67. The molecule has 0 radical (unpaired) electrons. The van der Waals surface area contributed by atoms with Gasteiger partial charge in [0, 0.05) is 13.2 Å². The predicted octanol–water partition coefficient (Wildman–Crippen LogP) is 4.42. The number of benzene rings is 2. The Bertz CT molecular complexity index is 843. The Morgan fingerprint density at radius 3 is 2.81 bits per heavy atom. The summed E-state index contributed by atoms with van der Waals surface area (Å²) in [6, 6.07) is 18.0. The first-order chi connectivity index (χ1) is 12.8. The highest BCUT2D eigenvalue weighted by Gasteiger charge is 2.25. The number of amides is 1. The molecule has 1 saturated heterocycles. The number of hydrogen-bond acceptors (Lipinski definition) is 5. The summed E-state index contributed by atoms with van der Waals surface area (Å²) in [4.78, 5) is 17.6. The van der Waals surface area contributed by atoms with Crippen LogP contribution in [-0.4, -0.2) is 30.1 Å². The fourth-order valence-corrected chi connectivity index (χ4v) is 5.30. The van der Waals surface area contributed by atoms with Crippen molar-refractivity contribution in [3.63, 3.8) is 0 Å². The molecular formula is C20H20N2O2S2. The minimum Gasteiger partial charge on any atom is -0.376 e. The first-order valence-electron chi connectivity index (χ1n) is 8.76. The SMILES string of the molecule is O=C(NC[C@H]1CCCO1)[C@H](Sc1nc2ccccc2s1)c1ccccc1. The predicted molar refractivity (Wildman–Crippen MR) is 107 cm³/mol. The van der Waals surface area contributed by atoms with Gasteiger partial charge in [-0.25, -0.2) is 4.98 Å². The Labute approximate surface area is 161 Å². The highest BCUT2D eigenvalue weighted by atomic mass is 32.2. The fraction of sp³-hybridized carbons (Fsp3) is 0.300. The van der Waals surface area contributed by atoms with E-state index in [1.165, 1.54) is 11.8 Å².